The lowest BCUT2D eigenvalue weighted by Gasteiger charge is -2.52. The van der Waals surface area contributed by atoms with E-state index in [0.29, 0.717) is 6.42 Å². The number of rotatable bonds is 6. The first kappa shape index (κ1) is 24.9. The van der Waals surface area contributed by atoms with E-state index in [0.717, 1.165) is 54.4 Å². The Morgan fingerprint density at radius 1 is 0.857 bits per heavy atom. The highest BCUT2D eigenvalue weighted by Crippen LogP contribution is 2.58. The SMILES string of the molecule is COC(=O)C(C)(C/C1=C2\C(=O)C(c3ccccc3)(c3ccccc3)[C@@H]2CCCCCC1)C(=O)OC. The molecule has 1 fully saturated rings. The summed E-state index contributed by atoms with van der Waals surface area (Å²) in [5, 5.41) is 0. The molecule has 1 atom stereocenters. The predicted octanol–water partition coefficient (Wildman–Crippen LogP) is 5.56. The number of esters is 2. The molecular weight excluding hydrogens is 440 g/mol. The Morgan fingerprint density at radius 3 is 1.89 bits per heavy atom. The molecule has 0 amide bonds. The van der Waals surface area contributed by atoms with E-state index >= 15 is 0 Å². The number of fused-ring (bicyclic) bond motifs is 1. The van der Waals surface area contributed by atoms with Crippen LogP contribution in [0.3, 0.4) is 0 Å². The number of ketones is 1. The van der Waals surface area contributed by atoms with Crippen molar-refractivity contribution in [3.63, 3.8) is 0 Å². The van der Waals surface area contributed by atoms with Gasteiger partial charge in [-0.05, 0) is 43.7 Å². The van der Waals surface area contributed by atoms with Crippen LogP contribution in [-0.4, -0.2) is 31.9 Å². The fourth-order valence-corrected chi connectivity index (χ4v) is 6.13. The van der Waals surface area contributed by atoms with Gasteiger partial charge in [0.1, 0.15) is 0 Å². The van der Waals surface area contributed by atoms with E-state index < -0.39 is 22.8 Å². The summed E-state index contributed by atoms with van der Waals surface area (Å²) < 4.78 is 10.00. The predicted molar refractivity (Wildman–Crippen MR) is 134 cm³/mol. The standard InChI is InChI=1S/C30H34O5/c1-29(27(32)34-2,28(33)35-3)20-21-14-8-4-5-13-19-24-25(21)26(31)30(24,22-15-9-6-10-16-22)23-17-11-7-12-18-23/h6-7,9-12,15-18,24H,4-5,8,13-14,19-20H2,1-3H3/b25-21-/t24-/m1/s1. The summed E-state index contributed by atoms with van der Waals surface area (Å²) >= 11 is 0. The van der Waals surface area contributed by atoms with E-state index in [4.69, 9.17) is 9.47 Å². The second-order valence-electron chi connectivity index (χ2n) is 9.88. The third-order valence-electron chi connectivity index (χ3n) is 7.87. The van der Waals surface area contributed by atoms with E-state index in [-0.39, 0.29) is 18.1 Å². The van der Waals surface area contributed by atoms with Crippen LogP contribution in [0.5, 0.6) is 0 Å². The average Bonchev–Trinajstić information content (AvgIpc) is 2.98. The molecule has 0 saturated heterocycles. The Kier molecular flexibility index (Phi) is 7.25. The Bertz CT molecular complexity index is 1060. The molecule has 2 aliphatic rings. The molecule has 0 unspecified atom stereocenters. The molecule has 0 heterocycles. The molecule has 5 nitrogen and oxygen atoms in total. The third kappa shape index (κ3) is 4.11. The van der Waals surface area contributed by atoms with Crippen LogP contribution in [0.4, 0.5) is 0 Å². The highest BCUT2D eigenvalue weighted by molar-refractivity contribution is 6.15. The summed E-state index contributed by atoms with van der Waals surface area (Å²) in [5.41, 5.74) is 1.41. The fourth-order valence-electron chi connectivity index (χ4n) is 6.13. The maximum Gasteiger partial charge on any atom is 0.323 e. The zero-order chi connectivity index (χ0) is 25.1. The molecular formula is C30H34O5. The number of hydrogen-bond acceptors (Lipinski definition) is 5. The zero-order valence-corrected chi connectivity index (χ0v) is 20.8. The molecule has 1 saturated carbocycles. The third-order valence-corrected chi connectivity index (χ3v) is 7.87. The van der Waals surface area contributed by atoms with Crippen molar-refractivity contribution in [2.45, 2.75) is 57.3 Å². The van der Waals surface area contributed by atoms with Crippen LogP contribution in [0.15, 0.2) is 71.8 Å². The van der Waals surface area contributed by atoms with Crippen molar-refractivity contribution in [1.82, 2.24) is 0 Å². The molecule has 4 rings (SSSR count). The van der Waals surface area contributed by atoms with Gasteiger partial charge in [0.25, 0.3) is 0 Å². The number of ether oxygens (including phenoxy) is 2. The van der Waals surface area contributed by atoms with Gasteiger partial charge in [0.15, 0.2) is 11.2 Å². The number of carbonyl (C=O) groups is 3. The first-order valence-corrected chi connectivity index (χ1v) is 12.5. The Hall–Kier alpha value is -3.21. The van der Waals surface area contributed by atoms with Crippen LogP contribution < -0.4 is 0 Å². The minimum atomic E-state index is -1.50. The van der Waals surface area contributed by atoms with Crippen LogP contribution in [0.1, 0.15) is 63.0 Å². The Labute approximate surface area is 207 Å². The number of benzene rings is 2. The van der Waals surface area contributed by atoms with Crippen molar-refractivity contribution >= 4 is 17.7 Å². The van der Waals surface area contributed by atoms with E-state index in [2.05, 4.69) is 0 Å². The van der Waals surface area contributed by atoms with E-state index in [1.807, 2.05) is 60.7 Å². The fraction of sp³-hybridized carbons (Fsp3) is 0.433. The van der Waals surface area contributed by atoms with Crippen molar-refractivity contribution in [3.05, 3.63) is 82.9 Å². The number of methoxy groups -OCH3 is 2. The van der Waals surface area contributed by atoms with E-state index in [1.165, 1.54) is 14.2 Å². The van der Waals surface area contributed by atoms with Gasteiger partial charge < -0.3 is 9.47 Å². The summed E-state index contributed by atoms with van der Waals surface area (Å²) in [5.74, 6) is -1.22. The first-order chi connectivity index (χ1) is 16.9. The summed E-state index contributed by atoms with van der Waals surface area (Å²) in [6.45, 7) is 1.56. The van der Waals surface area contributed by atoms with Gasteiger partial charge in [-0.3, -0.25) is 14.4 Å². The van der Waals surface area contributed by atoms with Crippen molar-refractivity contribution in [3.8, 4) is 0 Å². The zero-order valence-electron chi connectivity index (χ0n) is 20.8. The molecule has 5 heteroatoms. The molecule has 0 N–H and O–H groups in total. The molecule has 184 valence electrons. The van der Waals surface area contributed by atoms with Crippen LogP contribution in [-0.2, 0) is 29.3 Å². The topological polar surface area (TPSA) is 69.7 Å². The molecule has 0 aliphatic heterocycles. The van der Waals surface area contributed by atoms with Crippen LogP contribution in [0.25, 0.3) is 0 Å². The van der Waals surface area contributed by atoms with Crippen LogP contribution >= 0.6 is 0 Å². The summed E-state index contributed by atoms with van der Waals surface area (Å²) in [6.07, 6.45) is 5.78. The quantitative estimate of drug-likeness (QED) is 0.405. The van der Waals surface area contributed by atoms with Crippen LogP contribution in [0.2, 0.25) is 0 Å². The van der Waals surface area contributed by atoms with Crippen molar-refractivity contribution < 1.29 is 23.9 Å². The molecule has 0 aromatic heterocycles. The molecule has 0 radical (unpaired) electrons. The molecule has 2 aliphatic carbocycles. The second-order valence-corrected chi connectivity index (χ2v) is 9.88. The van der Waals surface area contributed by atoms with Crippen molar-refractivity contribution in [1.29, 1.82) is 0 Å². The van der Waals surface area contributed by atoms with Gasteiger partial charge in [-0.1, -0.05) is 85.5 Å². The average molecular weight is 475 g/mol. The second kappa shape index (κ2) is 10.2. The number of hydrogen-bond donors (Lipinski definition) is 0. The summed E-state index contributed by atoms with van der Waals surface area (Å²) in [7, 11) is 2.55. The largest absolute Gasteiger partial charge is 0.468 e. The van der Waals surface area contributed by atoms with Gasteiger partial charge in [0, 0.05) is 11.5 Å². The normalized spacial score (nSPS) is 22.0. The maximum atomic E-state index is 14.4. The van der Waals surface area contributed by atoms with Gasteiger partial charge in [-0.2, -0.15) is 0 Å². The van der Waals surface area contributed by atoms with Crippen molar-refractivity contribution in [2.75, 3.05) is 14.2 Å². The highest BCUT2D eigenvalue weighted by Gasteiger charge is 2.61. The molecule has 2 aromatic rings. The lowest BCUT2D eigenvalue weighted by molar-refractivity contribution is -0.167. The van der Waals surface area contributed by atoms with E-state index in [1.54, 1.807) is 6.92 Å². The summed E-state index contributed by atoms with van der Waals surface area (Å²) in [4.78, 5) is 39.9. The Balaban J connectivity index is 1.89. The highest BCUT2D eigenvalue weighted by atomic mass is 16.5. The molecule has 35 heavy (non-hydrogen) atoms. The van der Waals surface area contributed by atoms with E-state index in [9.17, 15) is 14.4 Å². The molecule has 0 bridgehead atoms. The Morgan fingerprint density at radius 2 is 1.37 bits per heavy atom. The minimum absolute atomic E-state index is 0.0209. The van der Waals surface area contributed by atoms with Gasteiger partial charge in [-0.25, -0.2) is 0 Å². The molecule has 2 aromatic carbocycles. The van der Waals surface area contributed by atoms with Gasteiger partial charge >= 0.3 is 11.9 Å². The first-order valence-electron chi connectivity index (χ1n) is 12.5. The van der Waals surface area contributed by atoms with Gasteiger partial charge in [0.05, 0.1) is 19.6 Å². The monoisotopic (exact) mass is 474 g/mol. The lowest BCUT2D eigenvalue weighted by Crippen LogP contribution is -2.57. The number of carbonyl (C=O) groups excluding carboxylic acids is 3. The minimum Gasteiger partial charge on any atom is -0.468 e. The number of allylic oxidation sites excluding steroid dienone is 2. The molecule has 0 spiro atoms. The smallest absolute Gasteiger partial charge is 0.323 e. The lowest BCUT2D eigenvalue weighted by atomic mass is 9.48. The van der Waals surface area contributed by atoms with Gasteiger partial charge in [-0.15, -0.1) is 0 Å². The summed E-state index contributed by atoms with van der Waals surface area (Å²) in [6, 6.07) is 20.0. The van der Waals surface area contributed by atoms with Crippen LogP contribution in [0, 0.1) is 11.3 Å². The van der Waals surface area contributed by atoms with Gasteiger partial charge in [0.2, 0.25) is 0 Å². The van der Waals surface area contributed by atoms with Crippen molar-refractivity contribution in [2.24, 2.45) is 11.3 Å². The number of Topliss-reactive ketones (excluding diaryl/α,β-unsaturated/α-hetero) is 1. The maximum absolute atomic E-state index is 14.4.